The number of rotatable bonds is 6. The van der Waals surface area contributed by atoms with Gasteiger partial charge in [-0.2, -0.15) is 0 Å². The van der Waals surface area contributed by atoms with Crippen LogP contribution in [0.15, 0.2) is 94.8 Å². The number of likely N-dealkylation sites (N-methyl/N-ethyl adjacent to an activating group) is 1. The third kappa shape index (κ3) is 4.28. The van der Waals surface area contributed by atoms with E-state index >= 15 is 0 Å². The number of para-hydroxylation sites is 2. The van der Waals surface area contributed by atoms with E-state index in [1.165, 1.54) is 17.3 Å². The Kier molecular flexibility index (Phi) is 6.03. The van der Waals surface area contributed by atoms with Gasteiger partial charge in [-0.05, 0) is 35.4 Å². The van der Waals surface area contributed by atoms with Crippen molar-refractivity contribution in [1.29, 1.82) is 0 Å². The van der Waals surface area contributed by atoms with Crippen molar-refractivity contribution in [2.75, 3.05) is 17.7 Å². The van der Waals surface area contributed by atoms with E-state index in [4.69, 9.17) is 4.98 Å². The molecule has 0 saturated carbocycles. The van der Waals surface area contributed by atoms with Crippen molar-refractivity contribution in [3.8, 4) is 0 Å². The van der Waals surface area contributed by atoms with Crippen LogP contribution in [0.3, 0.4) is 0 Å². The first-order valence-corrected chi connectivity index (χ1v) is 12.4. The number of benzene rings is 2. The molecule has 1 aliphatic heterocycles. The Hall–Kier alpha value is -3.71. The van der Waals surface area contributed by atoms with Crippen LogP contribution in [0.4, 0.5) is 5.69 Å². The van der Waals surface area contributed by atoms with Gasteiger partial charge in [0.15, 0.2) is 10.9 Å². The van der Waals surface area contributed by atoms with Crippen LogP contribution in [0, 0.1) is 0 Å². The predicted octanol–water partition coefficient (Wildman–Crippen LogP) is 4.81. The number of pyridine rings is 1. The molecule has 0 aliphatic carbocycles. The van der Waals surface area contributed by atoms with Gasteiger partial charge in [0, 0.05) is 42.3 Å². The molecule has 4 aromatic rings. The second-order valence-corrected chi connectivity index (χ2v) is 10.1. The standard InChI is InChI=1S/C28H26N4O2S/c1-28(2)22-11-5-7-13-24(22)31(3)25(28)15-20(33)18-35-27-30-23-12-6-4-10-21(23)26(34)32(27)17-19-9-8-14-29-16-19/h4-16H,17-18H2,1-3H3/b25-15-. The third-order valence-electron chi connectivity index (χ3n) is 6.47. The van der Waals surface area contributed by atoms with Crippen molar-refractivity contribution < 1.29 is 4.79 Å². The summed E-state index contributed by atoms with van der Waals surface area (Å²) in [6.07, 6.45) is 5.17. The fourth-order valence-corrected chi connectivity index (χ4v) is 5.48. The van der Waals surface area contributed by atoms with Gasteiger partial charge in [0.1, 0.15) is 0 Å². The minimum Gasteiger partial charge on any atom is -0.347 e. The van der Waals surface area contributed by atoms with E-state index in [-0.39, 0.29) is 22.5 Å². The van der Waals surface area contributed by atoms with Gasteiger partial charge < -0.3 is 4.90 Å². The molecule has 0 fully saturated rings. The second-order valence-electron chi connectivity index (χ2n) is 9.15. The zero-order valence-corrected chi connectivity index (χ0v) is 20.7. The van der Waals surface area contributed by atoms with Crippen LogP contribution in [0.1, 0.15) is 25.0 Å². The van der Waals surface area contributed by atoms with Crippen molar-refractivity contribution >= 4 is 34.1 Å². The number of carbonyl (C=O) groups excluding carboxylic acids is 1. The van der Waals surface area contributed by atoms with E-state index in [9.17, 15) is 9.59 Å². The maximum Gasteiger partial charge on any atom is 0.262 e. The fourth-order valence-electron chi connectivity index (χ4n) is 4.66. The topological polar surface area (TPSA) is 68.1 Å². The fraction of sp³-hybridized carbons (Fsp3) is 0.214. The minimum atomic E-state index is -0.269. The normalized spacial score (nSPS) is 15.5. The molecule has 3 heterocycles. The Labute approximate surface area is 208 Å². The highest BCUT2D eigenvalue weighted by molar-refractivity contribution is 7.99. The average Bonchev–Trinajstić information content (AvgIpc) is 3.06. The number of anilines is 1. The highest BCUT2D eigenvalue weighted by atomic mass is 32.2. The number of aromatic nitrogens is 3. The number of fused-ring (bicyclic) bond motifs is 2. The molecule has 35 heavy (non-hydrogen) atoms. The zero-order valence-electron chi connectivity index (χ0n) is 19.9. The van der Waals surface area contributed by atoms with E-state index in [2.05, 4.69) is 35.9 Å². The first-order chi connectivity index (χ1) is 16.9. The lowest BCUT2D eigenvalue weighted by atomic mass is 9.83. The molecule has 0 bridgehead atoms. The third-order valence-corrected chi connectivity index (χ3v) is 7.47. The largest absolute Gasteiger partial charge is 0.347 e. The molecule has 1 aliphatic rings. The summed E-state index contributed by atoms with van der Waals surface area (Å²) in [6, 6.07) is 19.3. The number of carbonyl (C=O) groups is 1. The van der Waals surface area contributed by atoms with Gasteiger partial charge in [-0.15, -0.1) is 0 Å². The molecule has 0 atom stereocenters. The van der Waals surface area contributed by atoms with Gasteiger partial charge in [0.05, 0.1) is 23.2 Å². The highest BCUT2D eigenvalue weighted by Crippen LogP contribution is 2.46. The summed E-state index contributed by atoms with van der Waals surface area (Å²) in [5.74, 6) is 0.162. The molecule has 0 amide bonds. The van der Waals surface area contributed by atoms with Gasteiger partial charge >= 0.3 is 0 Å². The number of ketones is 1. The molecule has 0 radical (unpaired) electrons. The monoisotopic (exact) mass is 482 g/mol. The molecule has 2 aromatic heterocycles. The van der Waals surface area contributed by atoms with E-state index in [1.807, 2.05) is 49.5 Å². The van der Waals surface area contributed by atoms with Crippen LogP contribution in [0.2, 0.25) is 0 Å². The summed E-state index contributed by atoms with van der Waals surface area (Å²) in [6.45, 7) is 4.61. The van der Waals surface area contributed by atoms with Crippen LogP contribution >= 0.6 is 11.8 Å². The Morgan fingerprint density at radius 1 is 1.06 bits per heavy atom. The van der Waals surface area contributed by atoms with Gasteiger partial charge in [0.25, 0.3) is 5.56 Å². The number of nitrogens with zero attached hydrogens (tertiary/aromatic N) is 4. The first kappa shape index (κ1) is 23.1. The van der Waals surface area contributed by atoms with Crippen molar-refractivity contribution in [3.05, 3.63) is 106 Å². The second kappa shape index (κ2) is 9.15. The van der Waals surface area contributed by atoms with E-state index in [0.717, 1.165) is 16.9 Å². The number of allylic oxidation sites excluding steroid dienone is 2. The number of thioether (sulfide) groups is 1. The van der Waals surface area contributed by atoms with Crippen LogP contribution in [-0.4, -0.2) is 33.1 Å². The van der Waals surface area contributed by atoms with Gasteiger partial charge in [0.2, 0.25) is 0 Å². The van der Waals surface area contributed by atoms with Crippen LogP contribution in [0.5, 0.6) is 0 Å². The predicted molar refractivity (Wildman–Crippen MR) is 141 cm³/mol. The molecule has 0 saturated heterocycles. The van der Waals surface area contributed by atoms with E-state index in [1.54, 1.807) is 29.1 Å². The van der Waals surface area contributed by atoms with Crippen LogP contribution < -0.4 is 10.5 Å². The lowest BCUT2D eigenvalue weighted by Crippen LogP contribution is -2.25. The summed E-state index contributed by atoms with van der Waals surface area (Å²) in [5.41, 5.74) is 4.41. The molecule has 0 unspecified atom stereocenters. The molecule has 7 heteroatoms. The van der Waals surface area contributed by atoms with Crippen LogP contribution in [0.25, 0.3) is 10.9 Å². The molecule has 0 spiro atoms. The molecule has 2 aromatic carbocycles. The number of hydrogen-bond acceptors (Lipinski definition) is 6. The minimum absolute atomic E-state index is 0.0203. The lowest BCUT2D eigenvalue weighted by molar-refractivity contribution is -0.112. The quantitative estimate of drug-likeness (QED) is 0.223. The van der Waals surface area contributed by atoms with Gasteiger partial charge in [-0.1, -0.05) is 62.0 Å². The molecular weight excluding hydrogens is 456 g/mol. The van der Waals surface area contributed by atoms with E-state index in [0.29, 0.717) is 22.6 Å². The first-order valence-electron chi connectivity index (χ1n) is 11.5. The molecule has 0 N–H and O–H groups in total. The SMILES string of the molecule is CN1/C(=C\C(=O)CSc2nc3ccccc3c(=O)n2Cc2cccnc2)C(C)(C)c2ccccc21. The number of hydrogen-bond donors (Lipinski definition) is 0. The molecule has 176 valence electrons. The smallest absolute Gasteiger partial charge is 0.262 e. The van der Waals surface area contributed by atoms with Crippen molar-refractivity contribution in [3.63, 3.8) is 0 Å². The maximum absolute atomic E-state index is 13.3. The molecular formula is C28H26N4O2S. The summed E-state index contributed by atoms with van der Waals surface area (Å²) < 4.78 is 1.63. The Balaban J connectivity index is 1.44. The molecule has 5 rings (SSSR count). The average molecular weight is 483 g/mol. The van der Waals surface area contributed by atoms with Crippen molar-refractivity contribution in [1.82, 2.24) is 14.5 Å². The Bertz CT molecular complexity index is 1510. The summed E-state index contributed by atoms with van der Waals surface area (Å²) in [4.78, 5) is 37.4. The van der Waals surface area contributed by atoms with Gasteiger partial charge in [-0.3, -0.25) is 19.1 Å². The highest BCUT2D eigenvalue weighted by Gasteiger charge is 2.38. The maximum atomic E-state index is 13.3. The summed E-state index contributed by atoms with van der Waals surface area (Å²) >= 11 is 1.29. The molecule has 6 nitrogen and oxygen atoms in total. The Morgan fingerprint density at radius 3 is 2.60 bits per heavy atom. The van der Waals surface area contributed by atoms with Crippen molar-refractivity contribution in [2.24, 2.45) is 0 Å². The van der Waals surface area contributed by atoms with E-state index < -0.39 is 0 Å². The van der Waals surface area contributed by atoms with Crippen molar-refractivity contribution in [2.45, 2.75) is 31.0 Å². The van der Waals surface area contributed by atoms with Crippen LogP contribution in [-0.2, 0) is 16.8 Å². The lowest BCUT2D eigenvalue weighted by Gasteiger charge is -2.24. The summed E-state index contributed by atoms with van der Waals surface area (Å²) in [7, 11) is 2.00. The summed E-state index contributed by atoms with van der Waals surface area (Å²) in [5, 5.41) is 1.08. The Morgan fingerprint density at radius 2 is 1.83 bits per heavy atom. The zero-order chi connectivity index (χ0) is 24.6. The van der Waals surface area contributed by atoms with Gasteiger partial charge in [-0.25, -0.2) is 4.98 Å².